The highest BCUT2D eigenvalue weighted by molar-refractivity contribution is 8.00. The zero-order valence-corrected chi connectivity index (χ0v) is 18.6. The first-order valence-corrected chi connectivity index (χ1v) is 10.7. The van der Waals surface area contributed by atoms with E-state index in [0.29, 0.717) is 10.0 Å². The molecule has 1 unspecified atom stereocenters. The van der Waals surface area contributed by atoms with Crippen LogP contribution in [0.2, 0.25) is 10.0 Å². The highest BCUT2D eigenvalue weighted by Crippen LogP contribution is 2.26. The molecule has 0 spiro atoms. The van der Waals surface area contributed by atoms with Crippen molar-refractivity contribution in [2.45, 2.75) is 30.9 Å². The van der Waals surface area contributed by atoms with Gasteiger partial charge in [-0.2, -0.15) is 5.10 Å². The van der Waals surface area contributed by atoms with E-state index in [1.54, 1.807) is 12.3 Å². The molecule has 4 nitrogen and oxygen atoms in total. The Labute approximate surface area is 184 Å². The number of hydrazone groups is 1. The summed E-state index contributed by atoms with van der Waals surface area (Å²) in [6.07, 6.45) is 1.66. The van der Waals surface area contributed by atoms with E-state index in [1.807, 2.05) is 69.3 Å². The molecular weight excluding hydrogens is 425 g/mol. The van der Waals surface area contributed by atoms with Crippen molar-refractivity contribution in [1.82, 2.24) is 9.99 Å². The highest BCUT2D eigenvalue weighted by Gasteiger charge is 2.14. The number of aromatic nitrogens is 1. The average molecular weight is 446 g/mol. The number of benzene rings is 2. The van der Waals surface area contributed by atoms with Gasteiger partial charge in [-0.15, -0.1) is 11.8 Å². The maximum atomic E-state index is 12.3. The van der Waals surface area contributed by atoms with Crippen LogP contribution in [0.15, 0.2) is 64.6 Å². The minimum absolute atomic E-state index is 0.148. The molecule has 1 N–H and O–H groups in total. The molecule has 3 rings (SSSR count). The number of nitrogens with one attached hydrogen (secondary N) is 1. The van der Waals surface area contributed by atoms with E-state index in [-0.39, 0.29) is 11.2 Å². The van der Waals surface area contributed by atoms with Gasteiger partial charge >= 0.3 is 0 Å². The smallest absolute Gasteiger partial charge is 0.253 e. The Morgan fingerprint density at radius 2 is 1.76 bits per heavy atom. The van der Waals surface area contributed by atoms with Gasteiger partial charge in [-0.3, -0.25) is 4.79 Å². The minimum atomic E-state index is -0.254. The lowest BCUT2D eigenvalue weighted by atomic mass is 10.2. The number of halogens is 2. The number of amides is 1. The fourth-order valence-electron chi connectivity index (χ4n) is 3.00. The van der Waals surface area contributed by atoms with Gasteiger partial charge in [0.1, 0.15) is 0 Å². The monoisotopic (exact) mass is 445 g/mol. The van der Waals surface area contributed by atoms with E-state index in [0.717, 1.165) is 27.5 Å². The van der Waals surface area contributed by atoms with Gasteiger partial charge in [-0.05, 0) is 57.2 Å². The summed E-state index contributed by atoms with van der Waals surface area (Å²) in [6.45, 7) is 5.84. The molecule has 1 amide bonds. The van der Waals surface area contributed by atoms with Crippen molar-refractivity contribution in [3.63, 3.8) is 0 Å². The summed E-state index contributed by atoms with van der Waals surface area (Å²) in [6, 6.07) is 17.2. The Morgan fingerprint density at radius 3 is 2.41 bits per heavy atom. The zero-order chi connectivity index (χ0) is 21.0. The predicted octanol–water partition coefficient (Wildman–Crippen LogP) is 6.03. The fraction of sp³-hybridized carbons (Fsp3) is 0.182. The first kappa shape index (κ1) is 21.5. The Morgan fingerprint density at radius 1 is 1.10 bits per heavy atom. The van der Waals surface area contributed by atoms with Crippen molar-refractivity contribution in [2.24, 2.45) is 5.10 Å². The Bertz CT molecular complexity index is 1030. The summed E-state index contributed by atoms with van der Waals surface area (Å²) in [5, 5.41) is 5.04. The summed E-state index contributed by atoms with van der Waals surface area (Å²) < 4.78 is 2.05. The normalized spacial score (nSPS) is 12.3. The minimum Gasteiger partial charge on any atom is -0.318 e. The van der Waals surface area contributed by atoms with Crippen LogP contribution in [-0.4, -0.2) is 21.9 Å². The van der Waals surface area contributed by atoms with Gasteiger partial charge in [-0.25, -0.2) is 5.43 Å². The molecule has 0 bridgehead atoms. The summed E-state index contributed by atoms with van der Waals surface area (Å²) in [4.78, 5) is 13.4. The highest BCUT2D eigenvalue weighted by atomic mass is 35.5. The first-order chi connectivity index (χ1) is 13.8. The lowest BCUT2D eigenvalue weighted by Gasteiger charge is -2.11. The van der Waals surface area contributed by atoms with Crippen LogP contribution in [-0.2, 0) is 4.79 Å². The van der Waals surface area contributed by atoms with Crippen molar-refractivity contribution >= 4 is 47.1 Å². The number of carbonyl (C=O) groups excluding carboxylic acids is 1. The SMILES string of the molecule is Cc1cc(/C=N/NC(=O)C(C)Sc2ccccc2)c(C)n1-c1cc(Cl)cc(Cl)c1. The van der Waals surface area contributed by atoms with Crippen LogP contribution in [0.25, 0.3) is 5.69 Å². The van der Waals surface area contributed by atoms with E-state index in [9.17, 15) is 4.79 Å². The van der Waals surface area contributed by atoms with E-state index in [2.05, 4.69) is 15.1 Å². The van der Waals surface area contributed by atoms with Crippen LogP contribution in [0, 0.1) is 13.8 Å². The summed E-state index contributed by atoms with van der Waals surface area (Å²) in [7, 11) is 0. The number of hydrogen-bond donors (Lipinski definition) is 1. The third kappa shape index (κ3) is 5.44. The van der Waals surface area contributed by atoms with Crippen molar-refractivity contribution < 1.29 is 4.79 Å². The van der Waals surface area contributed by atoms with Gasteiger partial charge in [0.2, 0.25) is 0 Å². The third-order valence-electron chi connectivity index (χ3n) is 4.38. The Hall–Kier alpha value is -2.21. The Balaban J connectivity index is 1.70. The first-order valence-electron chi connectivity index (χ1n) is 9.05. The van der Waals surface area contributed by atoms with E-state index < -0.39 is 0 Å². The molecule has 0 aliphatic rings. The fourth-order valence-corrected chi connectivity index (χ4v) is 4.39. The number of nitrogens with zero attached hydrogens (tertiary/aromatic N) is 2. The second-order valence-electron chi connectivity index (χ2n) is 6.60. The topological polar surface area (TPSA) is 46.4 Å². The van der Waals surface area contributed by atoms with Gasteiger partial charge < -0.3 is 4.57 Å². The van der Waals surface area contributed by atoms with Gasteiger partial charge in [0.15, 0.2) is 0 Å². The van der Waals surface area contributed by atoms with Crippen LogP contribution in [0.4, 0.5) is 0 Å². The molecule has 0 fully saturated rings. The third-order valence-corrected chi connectivity index (χ3v) is 5.93. The molecule has 0 saturated heterocycles. The molecule has 1 aromatic heterocycles. The molecule has 7 heteroatoms. The standard InChI is InChI=1S/C22H21Cl2N3OS/c1-14-9-17(15(2)27(14)20-11-18(23)10-19(24)12-20)13-25-26-22(28)16(3)29-21-7-5-4-6-8-21/h4-13,16H,1-3H3,(H,26,28)/b25-13+. The quantitative estimate of drug-likeness (QED) is 0.285. The van der Waals surface area contributed by atoms with Gasteiger partial charge in [0.25, 0.3) is 5.91 Å². The molecule has 3 aromatic rings. The second kappa shape index (κ2) is 9.53. The molecule has 0 radical (unpaired) electrons. The molecule has 29 heavy (non-hydrogen) atoms. The maximum absolute atomic E-state index is 12.3. The largest absolute Gasteiger partial charge is 0.318 e. The van der Waals surface area contributed by atoms with Crippen LogP contribution < -0.4 is 5.43 Å². The predicted molar refractivity (Wildman–Crippen MR) is 123 cm³/mol. The molecule has 150 valence electrons. The molecule has 0 saturated carbocycles. The molecule has 1 atom stereocenters. The number of hydrogen-bond acceptors (Lipinski definition) is 3. The molecular formula is C22H21Cl2N3OS. The molecule has 0 aliphatic carbocycles. The van der Waals surface area contributed by atoms with E-state index in [1.165, 1.54) is 11.8 Å². The van der Waals surface area contributed by atoms with E-state index in [4.69, 9.17) is 23.2 Å². The number of aryl methyl sites for hydroxylation is 1. The van der Waals surface area contributed by atoms with Crippen molar-refractivity contribution in [3.8, 4) is 5.69 Å². The van der Waals surface area contributed by atoms with Crippen LogP contribution in [0.5, 0.6) is 0 Å². The number of carbonyl (C=O) groups is 1. The lowest BCUT2D eigenvalue weighted by molar-refractivity contribution is -0.120. The Kier molecular flexibility index (Phi) is 7.06. The van der Waals surface area contributed by atoms with Crippen molar-refractivity contribution in [1.29, 1.82) is 0 Å². The second-order valence-corrected chi connectivity index (χ2v) is 8.88. The van der Waals surface area contributed by atoms with Crippen LogP contribution in [0.3, 0.4) is 0 Å². The molecule has 0 aliphatic heterocycles. The maximum Gasteiger partial charge on any atom is 0.253 e. The van der Waals surface area contributed by atoms with Crippen LogP contribution >= 0.6 is 35.0 Å². The number of thioether (sulfide) groups is 1. The zero-order valence-electron chi connectivity index (χ0n) is 16.3. The van der Waals surface area contributed by atoms with Crippen molar-refractivity contribution in [2.75, 3.05) is 0 Å². The summed E-state index contributed by atoms with van der Waals surface area (Å²) in [5.41, 5.74) is 6.40. The lowest BCUT2D eigenvalue weighted by Crippen LogP contribution is -2.26. The van der Waals surface area contributed by atoms with Gasteiger partial charge in [0, 0.05) is 37.6 Å². The summed E-state index contributed by atoms with van der Waals surface area (Å²) >= 11 is 13.8. The van der Waals surface area contributed by atoms with E-state index >= 15 is 0 Å². The van der Waals surface area contributed by atoms with Gasteiger partial charge in [0.05, 0.1) is 11.5 Å². The summed E-state index contributed by atoms with van der Waals surface area (Å²) in [5.74, 6) is -0.148. The van der Waals surface area contributed by atoms with Crippen molar-refractivity contribution in [3.05, 3.63) is 81.6 Å². The average Bonchev–Trinajstić information content (AvgIpc) is 2.95. The number of rotatable bonds is 6. The molecule has 1 heterocycles. The van der Waals surface area contributed by atoms with Gasteiger partial charge in [-0.1, -0.05) is 41.4 Å². The molecule has 2 aromatic carbocycles. The van der Waals surface area contributed by atoms with Crippen LogP contribution in [0.1, 0.15) is 23.9 Å².